The number of unbranched alkanes of at least 4 members (excludes halogenated alkanes) is 5. The Kier molecular flexibility index (Phi) is 11.6. The molecule has 0 saturated heterocycles. The van der Waals surface area contributed by atoms with Crippen LogP contribution in [0.15, 0.2) is 18.2 Å². The van der Waals surface area contributed by atoms with Gasteiger partial charge in [0, 0.05) is 3.57 Å². The third kappa shape index (κ3) is 10.9. The highest BCUT2D eigenvalue weighted by atomic mass is 127. The monoisotopic (exact) mass is 513 g/mol. The van der Waals surface area contributed by atoms with E-state index in [9.17, 15) is 9.67 Å². The van der Waals surface area contributed by atoms with Gasteiger partial charge >= 0.3 is 7.82 Å². The molecule has 8 heteroatoms. The first-order chi connectivity index (χ1) is 12.7. The third-order valence-electron chi connectivity index (χ3n) is 4.66. The zero-order chi connectivity index (χ0) is 20.3. The van der Waals surface area contributed by atoms with Gasteiger partial charge < -0.3 is 20.6 Å². The molecule has 0 spiro atoms. The average Bonchev–Trinajstić information content (AvgIpc) is 2.62. The smallest absolute Gasteiger partial charge is 0.394 e. The van der Waals surface area contributed by atoms with Gasteiger partial charge in [-0.2, -0.15) is 0 Å². The van der Waals surface area contributed by atoms with Gasteiger partial charge in [-0.1, -0.05) is 51.2 Å². The number of phosphoric acid groups is 1. The van der Waals surface area contributed by atoms with Gasteiger partial charge in [-0.15, -0.1) is 0 Å². The lowest BCUT2D eigenvalue weighted by Crippen LogP contribution is -2.48. The highest BCUT2D eigenvalue weighted by molar-refractivity contribution is 14.1. The van der Waals surface area contributed by atoms with Gasteiger partial charge in [0.15, 0.2) is 0 Å². The second kappa shape index (κ2) is 12.5. The fourth-order valence-corrected chi connectivity index (χ4v) is 4.12. The fraction of sp³-hybridized carbons (Fsp3) is 0.684. The Bertz CT molecular complexity index is 610. The Morgan fingerprint density at radius 3 is 2.41 bits per heavy atom. The van der Waals surface area contributed by atoms with Gasteiger partial charge in [0.1, 0.15) is 0 Å². The summed E-state index contributed by atoms with van der Waals surface area (Å²) in [5, 5.41) is 9.47. The van der Waals surface area contributed by atoms with Crippen molar-refractivity contribution in [2.75, 3.05) is 13.2 Å². The minimum absolute atomic E-state index is 0.371. The molecule has 0 aliphatic rings. The standard InChI is InChI=1S/C19H33INO5P/c1-2-3-4-5-6-7-8-17-10-9-16(13-18(17)20)11-12-19(21,14-22)15-26-27(23,24)25/h9-10,13,22H,2-8,11-12,14-15,21H2,1H3,(H2,23,24,25). The van der Waals surface area contributed by atoms with Crippen LogP contribution in [0.4, 0.5) is 0 Å². The molecule has 156 valence electrons. The zero-order valence-electron chi connectivity index (χ0n) is 16.1. The second-order valence-corrected chi connectivity index (χ2v) is 9.63. The molecule has 27 heavy (non-hydrogen) atoms. The number of hydrogen-bond acceptors (Lipinski definition) is 4. The second-order valence-electron chi connectivity index (χ2n) is 7.23. The number of aryl methyl sites for hydroxylation is 2. The molecule has 0 heterocycles. The lowest BCUT2D eigenvalue weighted by molar-refractivity contribution is 0.102. The molecule has 0 aromatic heterocycles. The molecular formula is C19H33INO5P. The van der Waals surface area contributed by atoms with E-state index in [2.05, 4.69) is 52.2 Å². The van der Waals surface area contributed by atoms with Gasteiger partial charge in [0.05, 0.1) is 18.8 Å². The third-order valence-corrected chi connectivity index (χ3v) is 6.13. The number of halogens is 1. The zero-order valence-corrected chi connectivity index (χ0v) is 19.1. The summed E-state index contributed by atoms with van der Waals surface area (Å²) in [7, 11) is -4.60. The topological polar surface area (TPSA) is 113 Å². The summed E-state index contributed by atoms with van der Waals surface area (Å²) in [6.07, 6.45) is 9.75. The number of rotatable bonds is 14. The lowest BCUT2D eigenvalue weighted by atomic mass is 9.93. The van der Waals surface area contributed by atoms with Crippen LogP contribution < -0.4 is 5.73 Å². The summed E-state index contributed by atoms with van der Waals surface area (Å²) >= 11 is 2.35. The number of nitrogens with two attached hydrogens (primary N) is 1. The molecule has 1 unspecified atom stereocenters. The van der Waals surface area contributed by atoms with Crippen LogP contribution >= 0.6 is 30.4 Å². The Morgan fingerprint density at radius 1 is 1.15 bits per heavy atom. The van der Waals surface area contributed by atoms with E-state index >= 15 is 0 Å². The normalized spacial score (nSPS) is 14.3. The maximum absolute atomic E-state index is 10.8. The van der Waals surface area contributed by atoms with Crippen molar-refractivity contribution < 1.29 is 24.0 Å². The Labute approximate surface area is 176 Å². The van der Waals surface area contributed by atoms with E-state index in [4.69, 9.17) is 15.5 Å². The van der Waals surface area contributed by atoms with E-state index in [1.54, 1.807) is 0 Å². The van der Waals surface area contributed by atoms with Crippen molar-refractivity contribution >= 4 is 30.4 Å². The molecule has 1 atom stereocenters. The number of benzene rings is 1. The van der Waals surface area contributed by atoms with Gasteiger partial charge in [0.25, 0.3) is 0 Å². The van der Waals surface area contributed by atoms with Crippen molar-refractivity contribution in [3.63, 3.8) is 0 Å². The summed E-state index contributed by atoms with van der Waals surface area (Å²) in [4.78, 5) is 17.6. The summed E-state index contributed by atoms with van der Waals surface area (Å²) in [5.41, 5.74) is 7.28. The van der Waals surface area contributed by atoms with Crippen LogP contribution in [0.2, 0.25) is 0 Å². The van der Waals surface area contributed by atoms with Crippen molar-refractivity contribution in [2.24, 2.45) is 5.73 Å². The molecule has 0 aliphatic carbocycles. The molecule has 5 N–H and O–H groups in total. The summed E-state index contributed by atoms with van der Waals surface area (Å²) in [6.45, 7) is 1.44. The molecule has 0 radical (unpaired) electrons. The van der Waals surface area contributed by atoms with Crippen LogP contribution in [0, 0.1) is 3.57 Å². The molecule has 0 fully saturated rings. The quantitative estimate of drug-likeness (QED) is 0.170. The van der Waals surface area contributed by atoms with Crippen molar-refractivity contribution in [3.8, 4) is 0 Å². The SMILES string of the molecule is CCCCCCCCc1ccc(CCC(N)(CO)COP(=O)(O)O)cc1I. The van der Waals surface area contributed by atoms with Gasteiger partial charge in [-0.25, -0.2) is 4.57 Å². The minimum Gasteiger partial charge on any atom is -0.394 e. The molecule has 0 saturated carbocycles. The van der Waals surface area contributed by atoms with Crippen LogP contribution in [0.1, 0.15) is 63.0 Å². The van der Waals surface area contributed by atoms with Crippen LogP contribution in [0.3, 0.4) is 0 Å². The van der Waals surface area contributed by atoms with E-state index in [1.165, 1.54) is 47.7 Å². The summed E-state index contributed by atoms with van der Waals surface area (Å²) in [5.74, 6) is 0. The minimum atomic E-state index is -4.60. The Balaban J connectivity index is 2.49. The van der Waals surface area contributed by atoms with Crippen molar-refractivity contribution in [1.29, 1.82) is 0 Å². The predicted molar refractivity (Wildman–Crippen MR) is 117 cm³/mol. The van der Waals surface area contributed by atoms with E-state index in [0.29, 0.717) is 12.8 Å². The Morgan fingerprint density at radius 2 is 1.81 bits per heavy atom. The van der Waals surface area contributed by atoms with Gasteiger partial charge in [-0.05, 0) is 65.5 Å². The largest absolute Gasteiger partial charge is 0.469 e. The van der Waals surface area contributed by atoms with E-state index in [0.717, 1.165) is 12.0 Å². The van der Waals surface area contributed by atoms with Crippen molar-refractivity contribution in [3.05, 3.63) is 32.9 Å². The van der Waals surface area contributed by atoms with Gasteiger partial charge in [0.2, 0.25) is 0 Å². The summed E-state index contributed by atoms with van der Waals surface area (Å²) < 4.78 is 16.5. The fourth-order valence-electron chi connectivity index (χ4n) is 2.85. The molecule has 0 bridgehead atoms. The number of aliphatic hydroxyl groups excluding tert-OH is 1. The lowest BCUT2D eigenvalue weighted by Gasteiger charge is -2.27. The van der Waals surface area contributed by atoms with Crippen LogP contribution in [-0.4, -0.2) is 33.6 Å². The van der Waals surface area contributed by atoms with Crippen LogP contribution in [0.5, 0.6) is 0 Å². The predicted octanol–water partition coefficient (Wildman–Crippen LogP) is 3.93. The number of hydrogen-bond donors (Lipinski definition) is 4. The number of phosphoric ester groups is 1. The van der Waals surface area contributed by atoms with Crippen molar-refractivity contribution in [2.45, 2.75) is 70.3 Å². The maximum atomic E-state index is 10.8. The summed E-state index contributed by atoms with van der Waals surface area (Å²) in [6, 6.07) is 6.33. The first kappa shape index (κ1) is 25.0. The molecule has 1 aromatic carbocycles. The molecule has 0 aliphatic heterocycles. The van der Waals surface area contributed by atoms with Crippen molar-refractivity contribution in [1.82, 2.24) is 0 Å². The first-order valence-corrected chi connectivity index (χ1v) is 12.2. The highest BCUT2D eigenvalue weighted by Crippen LogP contribution is 2.36. The first-order valence-electron chi connectivity index (χ1n) is 9.56. The van der Waals surface area contributed by atoms with E-state index < -0.39 is 20.0 Å². The van der Waals surface area contributed by atoms with Crippen LogP contribution in [0.25, 0.3) is 0 Å². The van der Waals surface area contributed by atoms with E-state index in [-0.39, 0.29) is 6.61 Å². The average molecular weight is 513 g/mol. The molecular weight excluding hydrogens is 480 g/mol. The molecule has 0 amide bonds. The molecule has 6 nitrogen and oxygen atoms in total. The molecule has 1 aromatic rings. The van der Waals surface area contributed by atoms with E-state index in [1.807, 2.05) is 0 Å². The number of aliphatic hydroxyl groups is 1. The molecule has 1 rings (SSSR count). The highest BCUT2D eigenvalue weighted by Gasteiger charge is 2.28. The Hall–Kier alpha value is -0.0200. The maximum Gasteiger partial charge on any atom is 0.469 e. The van der Waals surface area contributed by atoms with Crippen LogP contribution in [-0.2, 0) is 21.9 Å². The van der Waals surface area contributed by atoms with Gasteiger partial charge in [-0.3, -0.25) is 4.52 Å².